The number of para-hydroxylation sites is 1. The van der Waals surface area contributed by atoms with Crippen molar-refractivity contribution < 1.29 is 14.6 Å². The van der Waals surface area contributed by atoms with Gasteiger partial charge in [-0.05, 0) is 18.9 Å². The molecule has 0 bridgehead atoms. The van der Waals surface area contributed by atoms with E-state index in [-0.39, 0.29) is 11.5 Å². The third kappa shape index (κ3) is 3.69. The molecule has 4 heteroatoms. The summed E-state index contributed by atoms with van der Waals surface area (Å²) in [5.74, 6) is 1.53. The Bertz CT molecular complexity index is 463. The predicted octanol–water partition coefficient (Wildman–Crippen LogP) is 2.73. The topological polar surface area (TPSA) is 50.7 Å². The van der Waals surface area contributed by atoms with Crippen molar-refractivity contribution in [3.8, 4) is 11.5 Å². The van der Waals surface area contributed by atoms with Crippen LogP contribution in [0.3, 0.4) is 0 Å². The van der Waals surface area contributed by atoms with E-state index < -0.39 is 0 Å². The molecule has 118 valence electrons. The quantitative estimate of drug-likeness (QED) is 0.847. The minimum atomic E-state index is -0.203. The molecule has 1 aromatic carbocycles. The zero-order chi connectivity index (χ0) is 15.3. The molecule has 4 nitrogen and oxygen atoms in total. The largest absolute Gasteiger partial charge is 0.493 e. The molecule has 1 aliphatic carbocycles. The van der Waals surface area contributed by atoms with Crippen LogP contribution in [0.1, 0.15) is 38.2 Å². The molecule has 0 aromatic heterocycles. The van der Waals surface area contributed by atoms with Gasteiger partial charge < -0.3 is 19.9 Å². The number of aliphatic hydroxyl groups excluding tert-OH is 1. The summed E-state index contributed by atoms with van der Waals surface area (Å²) in [6.45, 7) is 3.70. The zero-order valence-electron chi connectivity index (χ0n) is 13.3. The molecular weight excluding hydrogens is 266 g/mol. The summed E-state index contributed by atoms with van der Waals surface area (Å²) in [6.07, 6.45) is 4.14. The second-order valence-corrected chi connectivity index (χ2v) is 6.17. The smallest absolute Gasteiger partial charge is 0.165 e. The van der Waals surface area contributed by atoms with Gasteiger partial charge in [0, 0.05) is 24.1 Å². The normalized spacial score (nSPS) is 25.6. The van der Waals surface area contributed by atoms with Gasteiger partial charge in [0.15, 0.2) is 11.5 Å². The highest BCUT2D eigenvalue weighted by atomic mass is 16.5. The van der Waals surface area contributed by atoms with Crippen LogP contribution in [0.25, 0.3) is 0 Å². The van der Waals surface area contributed by atoms with E-state index in [1.54, 1.807) is 14.2 Å². The Morgan fingerprint density at radius 2 is 2.10 bits per heavy atom. The standard InChI is InChI=1S/C17H27NO3/c1-17(10-5-4-9-15(17)19)12-18-11-13-7-6-8-14(20-2)16(13)21-3/h6-8,15,18-19H,4-5,9-12H2,1-3H3. The molecule has 0 saturated heterocycles. The molecule has 0 aliphatic heterocycles. The maximum Gasteiger partial charge on any atom is 0.165 e. The molecule has 0 radical (unpaired) electrons. The molecule has 2 atom stereocenters. The number of methoxy groups -OCH3 is 2. The minimum Gasteiger partial charge on any atom is -0.493 e. The summed E-state index contributed by atoms with van der Waals surface area (Å²) in [6, 6.07) is 5.90. The van der Waals surface area contributed by atoms with Gasteiger partial charge in [0.1, 0.15) is 0 Å². The molecule has 1 aliphatic rings. The van der Waals surface area contributed by atoms with Crippen LogP contribution < -0.4 is 14.8 Å². The number of hydrogen-bond acceptors (Lipinski definition) is 4. The van der Waals surface area contributed by atoms with Crippen LogP contribution in [0.15, 0.2) is 18.2 Å². The maximum absolute atomic E-state index is 10.2. The first kappa shape index (κ1) is 16.1. The molecule has 21 heavy (non-hydrogen) atoms. The van der Waals surface area contributed by atoms with Gasteiger partial charge in [0.2, 0.25) is 0 Å². The van der Waals surface area contributed by atoms with E-state index in [9.17, 15) is 5.11 Å². The monoisotopic (exact) mass is 293 g/mol. The molecule has 0 spiro atoms. The lowest BCUT2D eigenvalue weighted by Gasteiger charge is -2.38. The van der Waals surface area contributed by atoms with Crippen molar-refractivity contribution in [2.75, 3.05) is 20.8 Å². The Morgan fingerprint density at radius 3 is 2.76 bits per heavy atom. The molecule has 0 amide bonds. The minimum absolute atomic E-state index is 0.0235. The number of rotatable bonds is 6. The van der Waals surface area contributed by atoms with Crippen LogP contribution in [0.4, 0.5) is 0 Å². The molecule has 1 aromatic rings. The van der Waals surface area contributed by atoms with Crippen molar-refractivity contribution >= 4 is 0 Å². The fourth-order valence-electron chi connectivity index (χ4n) is 3.16. The van der Waals surface area contributed by atoms with Gasteiger partial charge in [0.25, 0.3) is 0 Å². The SMILES string of the molecule is COc1cccc(CNCC2(C)CCCCC2O)c1OC. The van der Waals surface area contributed by atoms with Gasteiger partial charge in [0.05, 0.1) is 20.3 Å². The number of hydrogen-bond donors (Lipinski definition) is 2. The van der Waals surface area contributed by atoms with Crippen molar-refractivity contribution in [1.82, 2.24) is 5.32 Å². The molecular formula is C17H27NO3. The van der Waals surface area contributed by atoms with E-state index in [0.29, 0.717) is 6.54 Å². The van der Waals surface area contributed by atoms with E-state index in [1.165, 1.54) is 6.42 Å². The lowest BCUT2D eigenvalue weighted by molar-refractivity contribution is 0.00113. The Kier molecular flexibility index (Phi) is 5.48. The second-order valence-electron chi connectivity index (χ2n) is 6.17. The highest BCUT2D eigenvalue weighted by molar-refractivity contribution is 5.46. The number of ether oxygens (including phenoxy) is 2. The van der Waals surface area contributed by atoms with Crippen molar-refractivity contribution in [2.24, 2.45) is 5.41 Å². The fourth-order valence-corrected chi connectivity index (χ4v) is 3.16. The number of nitrogens with one attached hydrogen (secondary N) is 1. The van der Waals surface area contributed by atoms with Crippen molar-refractivity contribution in [3.05, 3.63) is 23.8 Å². The number of aliphatic hydroxyl groups is 1. The van der Waals surface area contributed by atoms with Crippen LogP contribution in [-0.2, 0) is 6.54 Å². The molecule has 2 rings (SSSR count). The lowest BCUT2D eigenvalue weighted by Crippen LogP contribution is -2.43. The van der Waals surface area contributed by atoms with Crippen molar-refractivity contribution in [1.29, 1.82) is 0 Å². The van der Waals surface area contributed by atoms with Crippen molar-refractivity contribution in [3.63, 3.8) is 0 Å². The van der Waals surface area contributed by atoms with Crippen LogP contribution in [0.2, 0.25) is 0 Å². The van der Waals surface area contributed by atoms with Crippen LogP contribution >= 0.6 is 0 Å². The Morgan fingerprint density at radius 1 is 1.29 bits per heavy atom. The maximum atomic E-state index is 10.2. The van der Waals surface area contributed by atoms with Gasteiger partial charge >= 0.3 is 0 Å². The summed E-state index contributed by atoms with van der Waals surface area (Å²) in [5, 5.41) is 13.7. The van der Waals surface area contributed by atoms with E-state index in [1.807, 2.05) is 18.2 Å². The molecule has 0 heterocycles. The summed E-state index contributed by atoms with van der Waals surface area (Å²) in [7, 11) is 3.31. The first-order valence-electron chi connectivity index (χ1n) is 7.69. The van der Waals surface area contributed by atoms with Crippen LogP contribution in [0.5, 0.6) is 11.5 Å². The summed E-state index contributed by atoms with van der Waals surface area (Å²) in [4.78, 5) is 0. The number of benzene rings is 1. The first-order valence-corrected chi connectivity index (χ1v) is 7.69. The highest BCUT2D eigenvalue weighted by Gasteiger charge is 2.34. The fraction of sp³-hybridized carbons (Fsp3) is 0.647. The van der Waals surface area contributed by atoms with E-state index in [2.05, 4.69) is 12.2 Å². The van der Waals surface area contributed by atoms with Crippen LogP contribution in [0, 0.1) is 5.41 Å². The second kappa shape index (κ2) is 7.14. The van der Waals surface area contributed by atoms with Crippen LogP contribution in [-0.4, -0.2) is 32.0 Å². The van der Waals surface area contributed by atoms with Gasteiger partial charge in [-0.1, -0.05) is 31.9 Å². The summed E-state index contributed by atoms with van der Waals surface area (Å²) >= 11 is 0. The predicted molar refractivity (Wildman–Crippen MR) is 83.8 cm³/mol. The Labute approximate surface area is 127 Å². The summed E-state index contributed by atoms with van der Waals surface area (Å²) < 4.78 is 10.8. The Balaban J connectivity index is 1.97. The summed E-state index contributed by atoms with van der Waals surface area (Å²) in [5.41, 5.74) is 1.05. The average molecular weight is 293 g/mol. The van der Waals surface area contributed by atoms with Gasteiger partial charge in [-0.25, -0.2) is 0 Å². The molecule has 2 N–H and O–H groups in total. The highest BCUT2D eigenvalue weighted by Crippen LogP contribution is 2.36. The third-order valence-electron chi connectivity index (χ3n) is 4.61. The van der Waals surface area contributed by atoms with E-state index in [0.717, 1.165) is 42.9 Å². The third-order valence-corrected chi connectivity index (χ3v) is 4.61. The van der Waals surface area contributed by atoms with Crippen molar-refractivity contribution in [2.45, 2.75) is 45.3 Å². The molecule has 1 fully saturated rings. The zero-order valence-corrected chi connectivity index (χ0v) is 13.3. The average Bonchev–Trinajstić information content (AvgIpc) is 2.50. The molecule has 1 saturated carbocycles. The molecule has 2 unspecified atom stereocenters. The van der Waals surface area contributed by atoms with Gasteiger partial charge in [-0.2, -0.15) is 0 Å². The lowest BCUT2D eigenvalue weighted by atomic mass is 9.73. The Hall–Kier alpha value is -1.26. The van der Waals surface area contributed by atoms with E-state index in [4.69, 9.17) is 9.47 Å². The van der Waals surface area contributed by atoms with Gasteiger partial charge in [-0.3, -0.25) is 0 Å². The first-order chi connectivity index (χ1) is 10.1. The van der Waals surface area contributed by atoms with Gasteiger partial charge in [-0.15, -0.1) is 0 Å². The van der Waals surface area contributed by atoms with E-state index >= 15 is 0 Å².